The molecular formula is C9H13ClO2. The van der Waals surface area contributed by atoms with Crippen molar-refractivity contribution < 1.29 is 9.90 Å². The van der Waals surface area contributed by atoms with Gasteiger partial charge in [-0.3, -0.25) is 0 Å². The lowest BCUT2D eigenvalue weighted by Crippen LogP contribution is -1.69. The van der Waals surface area contributed by atoms with Crippen LogP contribution in [0.1, 0.15) is 13.8 Å². The molecular weight excluding hydrogens is 176 g/mol. The summed E-state index contributed by atoms with van der Waals surface area (Å²) in [6.07, 6.45) is 0. The van der Waals surface area contributed by atoms with Gasteiger partial charge in [0, 0.05) is 0 Å². The first-order valence-corrected chi connectivity index (χ1v) is 3.34. The Morgan fingerprint density at radius 1 is 1.17 bits per heavy atom. The van der Waals surface area contributed by atoms with Gasteiger partial charge in [-0.2, -0.15) is 0 Å². The van der Waals surface area contributed by atoms with E-state index in [1.165, 1.54) is 13.8 Å². The zero-order chi connectivity index (χ0) is 8.69. The topological polar surface area (TPSA) is 37.3 Å². The van der Waals surface area contributed by atoms with Crippen LogP contribution in [0.2, 0.25) is 0 Å². The van der Waals surface area contributed by atoms with Gasteiger partial charge in [-0.25, -0.2) is 0 Å². The van der Waals surface area contributed by atoms with Crippen LogP contribution < -0.4 is 0 Å². The number of rotatable bonds is 0. The number of halogens is 1. The largest absolute Gasteiger partial charge is 0.508 e. The van der Waals surface area contributed by atoms with Crippen molar-refractivity contribution in [3.05, 3.63) is 30.3 Å². The van der Waals surface area contributed by atoms with Crippen LogP contribution in [0.15, 0.2) is 30.3 Å². The summed E-state index contributed by atoms with van der Waals surface area (Å²) in [5, 5.41) is 8.63. The summed E-state index contributed by atoms with van der Waals surface area (Å²) >= 11 is 0. The highest BCUT2D eigenvalue weighted by Gasteiger charge is 1.74. The second kappa shape index (κ2) is 8.08. The van der Waals surface area contributed by atoms with Crippen molar-refractivity contribution in [1.82, 2.24) is 0 Å². The van der Waals surface area contributed by atoms with Crippen LogP contribution in [-0.4, -0.2) is 10.9 Å². The molecule has 0 heterocycles. The molecule has 0 saturated carbocycles. The molecule has 0 saturated heterocycles. The number of hydrogen-bond acceptors (Lipinski definition) is 2. The van der Waals surface area contributed by atoms with E-state index in [1.54, 1.807) is 24.3 Å². The van der Waals surface area contributed by atoms with Gasteiger partial charge in [-0.05, 0) is 26.0 Å². The summed E-state index contributed by atoms with van der Waals surface area (Å²) in [5.41, 5.74) is 0. The molecule has 1 aromatic carbocycles. The summed E-state index contributed by atoms with van der Waals surface area (Å²) in [4.78, 5) is 9.44. The Morgan fingerprint density at radius 3 is 1.67 bits per heavy atom. The summed E-state index contributed by atoms with van der Waals surface area (Å²) in [5.74, 6) is 0.488. The molecule has 68 valence electrons. The van der Waals surface area contributed by atoms with Gasteiger partial charge in [-0.15, -0.1) is 12.4 Å². The third-order valence-electron chi connectivity index (χ3n) is 0.756. The van der Waals surface area contributed by atoms with Crippen molar-refractivity contribution in [1.29, 1.82) is 0 Å². The van der Waals surface area contributed by atoms with Crippen molar-refractivity contribution >= 4 is 18.2 Å². The van der Waals surface area contributed by atoms with Gasteiger partial charge in [0.2, 0.25) is 0 Å². The minimum absolute atomic E-state index is 0. The molecule has 0 aromatic heterocycles. The van der Waals surface area contributed by atoms with Crippen LogP contribution >= 0.6 is 12.4 Å². The molecule has 0 amide bonds. The molecule has 3 heteroatoms. The number of para-hydroxylation sites is 1. The van der Waals surface area contributed by atoms with E-state index in [-0.39, 0.29) is 18.2 Å². The van der Waals surface area contributed by atoms with Crippen molar-refractivity contribution in [2.75, 3.05) is 0 Å². The van der Waals surface area contributed by atoms with Crippen molar-refractivity contribution in [3.8, 4) is 5.75 Å². The van der Waals surface area contributed by atoms with E-state index in [2.05, 4.69) is 0 Å². The fourth-order valence-corrected chi connectivity index (χ4v) is 0.428. The van der Waals surface area contributed by atoms with Crippen molar-refractivity contribution in [2.45, 2.75) is 13.8 Å². The van der Waals surface area contributed by atoms with Crippen LogP contribution in [0.5, 0.6) is 5.75 Å². The fourth-order valence-electron chi connectivity index (χ4n) is 0.428. The van der Waals surface area contributed by atoms with Crippen LogP contribution in [0, 0.1) is 0 Å². The predicted octanol–water partition coefficient (Wildman–Crippen LogP) is 2.41. The highest BCUT2D eigenvalue weighted by atomic mass is 35.5. The van der Waals surface area contributed by atoms with Crippen molar-refractivity contribution in [3.63, 3.8) is 0 Å². The smallest absolute Gasteiger partial charge is 0.126 e. The third-order valence-corrected chi connectivity index (χ3v) is 0.756. The lowest BCUT2D eigenvalue weighted by molar-refractivity contribution is -0.114. The molecule has 0 fully saturated rings. The second-order valence-corrected chi connectivity index (χ2v) is 2.24. The number of phenols is 1. The van der Waals surface area contributed by atoms with E-state index in [1.807, 2.05) is 6.07 Å². The Morgan fingerprint density at radius 2 is 1.50 bits per heavy atom. The Hall–Kier alpha value is -1.02. The molecule has 0 aliphatic carbocycles. The highest BCUT2D eigenvalue weighted by Crippen LogP contribution is 2.02. The average molecular weight is 189 g/mol. The molecule has 1 N–H and O–H groups in total. The van der Waals surface area contributed by atoms with Gasteiger partial charge >= 0.3 is 0 Å². The van der Waals surface area contributed by atoms with Gasteiger partial charge in [0.25, 0.3) is 0 Å². The summed E-state index contributed by atoms with van der Waals surface area (Å²) in [7, 11) is 0. The van der Waals surface area contributed by atoms with Crippen LogP contribution in [0.3, 0.4) is 0 Å². The van der Waals surface area contributed by atoms with E-state index in [0.29, 0.717) is 5.75 Å². The maximum atomic E-state index is 9.44. The molecule has 0 aliphatic heterocycles. The molecule has 0 spiro atoms. The number of phenolic OH excluding ortho intramolecular Hbond substituents is 1. The van der Waals surface area contributed by atoms with Gasteiger partial charge < -0.3 is 9.90 Å². The fraction of sp³-hybridized carbons (Fsp3) is 0.222. The zero-order valence-corrected chi connectivity index (χ0v) is 7.97. The van der Waals surface area contributed by atoms with Gasteiger partial charge in [0.05, 0.1) is 0 Å². The van der Waals surface area contributed by atoms with E-state index >= 15 is 0 Å². The minimum atomic E-state index is 0. The zero-order valence-electron chi connectivity index (χ0n) is 7.15. The number of carbonyl (C=O) groups is 1. The first-order valence-electron chi connectivity index (χ1n) is 3.34. The Balaban J connectivity index is 0. The summed E-state index contributed by atoms with van der Waals surface area (Å²) < 4.78 is 0. The maximum absolute atomic E-state index is 9.44. The monoisotopic (exact) mass is 188 g/mol. The third kappa shape index (κ3) is 11.7. The molecule has 12 heavy (non-hydrogen) atoms. The lowest BCUT2D eigenvalue weighted by Gasteiger charge is -1.82. The number of carbonyl (C=O) groups excluding carboxylic acids is 1. The van der Waals surface area contributed by atoms with Crippen LogP contribution in [-0.2, 0) is 4.79 Å². The van der Waals surface area contributed by atoms with E-state index in [0.717, 1.165) is 0 Å². The van der Waals surface area contributed by atoms with Gasteiger partial charge in [-0.1, -0.05) is 18.2 Å². The molecule has 0 atom stereocenters. The summed E-state index contributed by atoms with van der Waals surface area (Å²) in [6.45, 7) is 3.06. The Kier molecular flexibility index (Phi) is 9.13. The van der Waals surface area contributed by atoms with E-state index in [4.69, 9.17) is 5.11 Å². The Labute approximate surface area is 78.6 Å². The molecule has 1 aromatic rings. The Bertz CT molecular complexity index is 205. The molecule has 0 radical (unpaired) electrons. The SMILES string of the molecule is CC(C)=O.Cl.Oc1ccccc1. The van der Waals surface area contributed by atoms with Crippen LogP contribution in [0.25, 0.3) is 0 Å². The van der Waals surface area contributed by atoms with Gasteiger partial charge in [0.1, 0.15) is 11.5 Å². The highest BCUT2D eigenvalue weighted by molar-refractivity contribution is 5.85. The number of ketones is 1. The summed E-state index contributed by atoms with van der Waals surface area (Å²) in [6, 6.07) is 8.71. The molecule has 0 aliphatic rings. The normalized spacial score (nSPS) is 7.17. The predicted molar refractivity (Wildman–Crippen MR) is 51.7 cm³/mol. The number of hydrogen-bond donors (Lipinski definition) is 1. The average Bonchev–Trinajstić information content (AvgIpc) is 1.87. The quantitative estimate of drug-likeness (QED) is 0.679. The van der Waals surface area contributed by atoms with Gasteiger partial charge in [0.15, 0.2) is 0 Å². The molecule has 1 rings (SSSR count). The van der Waals surface area contributed by atoms with E-state index in [9.17, 15) is 4.79 Å². The first-order chi connectivity index (χ1) is 5.13. The first kappa shape index (κ1) is 13.6. The number of aromatic hydroxyl groups is 1. The second-order valence-electron chi connectivity index (χ2n) is 2.24. The number of benzene rings is 1. The lowest BCUT2D eigenvalue weighted by atomic mass is 10.3. The maximum Gasteiger partial charge on any atom is 0.126 e. The van der Waals surface area contributed by atoms with E-state index < -0.39 is 0 Å². The molecule has 2 nitrogen and oxygen atoms in total. The minimum Gasteiger partial charge on any atom is -0.508 e. The molecule has 0 unspecified atom stereocenters. The van der Waals surface area contributed by atoms with Crippen molar-refractivity contribution in [2.24, 2.45) is 0 Å². The van der Waals surface area contributed by atoms with Crippen LogP contribution in [0.4, 0.5) is 0 Å². The molecule has 0 bridgehead atoms. The standard InChI is InChI=1S/C6H6O.C3H6O.ClH/c7-6-4-2-1-3-5-6;1-3(2)4;/h1-5,7H;1-2H3;1H. The number of Topliss-reactive ketones (excluding diaryl/α,β-unsaturated/α-hetero) is 1.